The predicted octanol–water partition coefficient (Wildman–Crippen LogP) is 0.789. The molecule has 0 saturated heterocycles. The number of nitrogens with zero attached hydrogens (tertiary/aromatic N) is 3. The lowest BCUT2D eigenvalue weighted by Gasteiger charge is -2.21. The third-order valence-corrected chi connectivity index (χ3v) is 2.48. The summed E-state index contributed by atoms with van der Waals surface area (Å²) in [5.41, 5.74) is 0.874. The molecule has 0 spiro atoms. The second-order valence-corrected chi connectivity index (χ2v) is 3.91. The Hall–Kier alpha value is -1.85. The zero-order valence-electron chi connectivity index (χ0n) is 11.4. The van der Waals surface area contributed by atoms with E-state index in [1.807, 2.05) is 31.7 Å². The van der Waals surface area contributed by atoms with Gasteiger partial charge in [0, 0.05) is 31.9 Å². The molecule has 1 aromatic rings. The van der Waals surface area contributed by atoms with Crippen LogP contribution in [0.25, 0.3) is 0 Å². The van der Waals surface area contributed by atoms with Crippen LogP contribution >= 0.6 is 0 Å². The van der Waals surface area contributed by atoms with Crippen molar-refractivity contribution in [1.82, 2.24) is 15.3 Å². The molecule has 0 bridgehead atoms. The Balaban J connectivity index is 2.87. The van der Waals surface area contributed by atoms with Crippen LogP contribution in [0.3, 0.4) is 0 Å². The number of hydrogen-bond donors (Lipinski definition) is 2. The van der Waals surface area contributed by atoms with Crippen LogP contribution in [0.15, 0.2) is 6.07 Å². The molecule has 0 unspecified atom stereocenters. The summed E-state index contributed by atoms with van der Waals surface area (Å²) in [7, 11) is 1.78. The maximum Gasteiger partial charge on any atom is 0.239 e. The van der Waals surface area contributed by atoms with E-state index in [-0.39, 0.29) is 5.91 Å². The van der Waals surface area contributed by atoms with E-state index in [2.05, 4.69) is 20.6 Å². The molecule has 0 aliphatic carbocycles. The molecule has 0 fully saturated rings. The molecule has 1 amide bonds. The first-order valence-corrected chi connectivity index (χ1v) is 6.15. The molecule has 1 aromatic heterocycles. The highest BCUT2D eigenvalue weighted by atomic mass is 16.2. The van der Waals surface area contributed by atoms with Gasteiger partial charge < -0.3 is 15.5 Å². The number of carbonyl (C=O) groups is 1. The van der Waals surface area contributed by atoms with Gasteiger partial charge >= 0.3 is 0 Å². The van der Waals surface area contributed by atoms with Gasteiger partial charge in [-0.1, -0.05) is 0 Å². The van der Waals surface area contributed by atoms with E-state index in [9.17, 15) is 4.79 Å². The van der Waals surface area contributed by atoms with Crippen LogP contribution in [0.1, 0.15) is 19.5 Å². The van der Waals surface area contributed by atoms with E-state index in [4.69, 9.17) is 0 Å². The van der Waals surface area contributed by atoms with Crippen molar-refractivity contribution in [2.75, 3.05) is 36.9 Å². The lowest BCUT2D eigenvalue weighted by molar-refractivity contribution is -0.119. The summed E-state index contributed by atoms with van der Waals surface area (Å²) in [6.07, 6.45) is 0. The van der Waals surface area contributed by atoms with Crippen molar-refractivity contribution in [3.05, 3.63) is 11.8 Å². The molecule has 0 aromatic carbocycles. The largest absolute Gasteiger partial charge is 0.357 e. The van der Waals surface area contributed by atoms with Crippen molar-refractivity contribution < 1.29 is 4.79 Å². The van der Waals surface area contributed by atoms with Crippen LogP contribution in [0.5, 0.6) is 0 Å². The van der Waals surface area contributed by atoms with Gasteiger partial charge in [-0.05, 0) is 20.8 Å². The van der Waals surface area contributed by atoms with Gasteiger partial charge in [0.15, 0.2) is 0 Å². The molecular formula is C12H21N5O. The van der Waals surface area contributed by atoms with Gasteiger partial charge in [-0.25, -0.2) is 4.98 Å². The minimum Gasteiger partial charge on any atom is -0.357 e. The van der Waals surface area contributed by atoms with Crippen molar-refractivity contribution >= 4 is 17.7 Å². The Kier molecular flexibility index (Phi) is 5.35. The first-order chi connectivity index (χ1) is 8.60. The second kappa shape index (κ2) is 6.78. The van der Waals surface area contributed by atoms with Gasteiger partial charge in [0.2, 0.25) is 11.9 Å². The number of likely N-dealkylation sites (N-methyl/N-ethyl adjacent to an activating group) is 2. The molecule has 0 radical (unpaired) electrons. The highest BCUT2D eigenvalue weighted by molar-refractivity contribution is 5.81. The number of anilines is 2. The third-order valence-electron chi connectivity index (χ3n) is 2.48. The van der Waals surface area contributed by atoms with Crippen molar-refractivity contribution in [2.24, 2.45) is 0 Å². The SMILES string of the molecule is CCNC(=O)CN(CC)c1cc(C)nc(NC)n1. The molecule has 1 rings (SSSR count). The van der Waals surface area contributed by atoms with E-state index in [0.717, 1.165) is 18.1 Å². The molecule has 100 valence electrons. The van der Waals surface area contributed by atoms with E-state index in [0.29, 0.717) is 19.0 Å². The molecular weight excluding hydrogens is 230 g/mol. The normalized spacial score (nSPS) is 10.0. The highest BCUT2D eigenvalue weighted by Crippen LogP contribution is 2.14. The third kappa shape index (κ3) is 3.87. The highest BCUT2D eigenvalue weighted by Gasteiger charge is 2.12. The van der Waals surface area contributed by atoms with Gasteiger partial charge in [-0.2, -0.15) is 4.98 Å². The van der Waals surface area contributed by atoms with Crippen LogP contribution in [0.4, 0.5) is 11.8 Å². The van der Waals surface area contributed by atoms with E-state index in [1.165, 1.54) is 0 Å². The average molecular weight is 251 g/mol. The van der Waals surface area contributed by atoms with Gasteiger partial charge in [0.1, 0.15) is 5.82 Å². The van der Waals surface area contributed by atoms with Crippen molar-refractivity contribution in [2.45, 2.75) is 20.8 Å². The Morgan fingerprint density at radius 3 is 2.67 bits per heavy atom. The van der Waals surface area contributed by atoms with Crippen LogP contribution < -0.4 is 15.5 Å². The summed E-state index contributed by atoms with van der Waals surface area (Å²) in [5.74, 6) is 1.33. The zero-order chi connectivity index (χ0) is 13.5. The molecule has 2 N–H and O–H groups in total. The lowest BCUT2D eigenvalue weighted by atomic mass is 10.3. The number of hydrogen-bond acceptors (Lipinski definition) is 5. The van der Waals surface area contributed by atoms with Crippen LogP contribution in [-0.2, 0) is 4.79 Å². The molecule has 6 heteroatoms. The van der Waals surface area contributed by atoms with Gasteiger partial charge in [-0.15, -0.1) is 0 Å². The maximum atomic E-state index is 11.6. The summed E-state index contributed by atoms with van der Waals surface area (Å²) in [4.78, 5) is 22.1. The Morgan fingerprint density at radius 2 is 2.11 bits per heavy atom. The molecule has 0 saturated carbocycles. The van der Waals surface area contributed by atoms with E-state index >= 15 is 0 Å². The molecule has 1 heterocycles. The van der Waals surface area contributed by atoms with Crippen molar-refractivity contribution in [3.8, 4) is 0 Å². The number of amides is 1. The molecule has 0 aliphatic heterocycles. The van der Waals surface area contributed by atoms with E-state index in [1.54, 1.807) is 7.05 Å². The standard InChI is InChI=1S/C12H21N5O/c1-5-14-11(18)8-17(6-2)10-7-9(3)15-12(13-4)16-10/h7H,5-6,8H2,1-4H3,(H,14,18)(H,13,15,16). The number of aryl methyl sites for hydroxylation is 1. The molecule has 6 nitrogen and oxygen atoms in total. The number of aromatic nitrogens is 2. The predicted molar refractivity (Wildman–Crippen MR) is 72.9 cm³/mol. The first kappa shape index (κ1) is 14.2. The summed E-state index contributed by atoms with van der Waals surface area (Å²) in [5, 5.41) is 5.70. The molecule has 18 heavy (non-hydrogen) atoms. The van der Waals surface area contributed by atoms with Crippen molar-refractivity contribution in [1.29, 1.82) is 0 Å². The second-order valence-electron chi connectivity index (χ2n) is 3.91. The summed E-state index contributed by atoms with van der Waals surface area (Å²) in [6.45, 7) is 7.48. The lowest BCUT2D eigenvalue weighted by Crippen LogP contribution is -2.37. The van der Waals surface area contributed by atoms with Crippen molar-refractivity contribution in [3.63, 3.8) is 0 Å². The van der Waals surface area contributed by atoms with Crippen LogP contribution in [-0.4, -0.2) is 42.6 Å². The fourth-order valence-corrected chi connectivity index (χ4v) is 1.61. The number of nitrogens with one attached hydrogen (secondary N) is 2. The minimum absolute atomic E-state index is 0.00150. The van der Waals surface area contributed by atoms with Crippen LogP contribution in [0.2, 0.25) is 0 Å². The summed E-state index contributed by atoms with van der Waals surface area (Å²) in [6, 6.07) is 1.88. The monoisotopic (exact) mass is 251 g/mol. The number of rotatable bonds is 6. The Labute approximate surface area is 108 Å². The van der Waals surface area contributed by atoms with Gasteiger partial charge in [-0.3, -0.25) is 4.79 Å². The Morgan fingerprint density at radius 1 is 1.39 bits per heavy atom. The van der Waals surface area contributed by atoms with Gasteiger partial charge in [0.05, 0.1) is 6.54 Å². The molecule has 0 atom stereocenters. The van der Waals surface area contributed by atoms with Gasteiger partial charge in [0.25, 0.3) is 0 Å². The maximum absolute atomic E-state index is 11.6. The minimum atomic E-state index is 0.00150. The molecule has 0 aliphatic rings. The Bertz CT molecular complexity index is 407. The number of carbonyl (C=O) groups excluding carboxylic acids is 1. The summed E-state index contributed by atoms with van der Waals surface area (Å²) >= 11 is 0. The fraction of sp³-hybridized carbons (Fsp3) is 0.583. The fourth-order valence-electron chi connectivity index (χ4n) is 1.61. The smallest absolute Gasteiger partial charge is 0.239 e. The quantitative estimate of drug-likeness (QED) is 0.782. The zero-order valence-corrected chi connectivity index (χ0v) is 11.4. The summed E-state index contributed by atoms with van der Waals surface area (Å²) < 4.78 is 0. The first-order valence-electron chi connectivity index (χ1n) is 6.15. The van der Waals surface area contributed by atoms with Crippen LogP contribution in [0, 0.1) is 6.92 Å². The average Bonchev–Trinajstić information content (AvgIpc) is 2.35. The van der Waals surface area contributed by atoms with E-state index < -0.39 is 0 Å². The topological polar surface area (TPSA) is 70.2 Å².